The summed E-state index contributed by atoms with van der Waals surface area (Å²) < 4.78 is 5.13. The Morgan fingerprint density at radius 1 is 1.64 bits per heavy atom. The first-order valence-corrected chi connectivity index (χ1v) is 5.19. The average Bonchev–Trinajstić information content (AvgIpc) is 2.11. The molecule has 82 valence electrons. The summed E-state index contributed by atoms with van der Waals surface area (Å²) in [6.07, 6.45) is 2.20. The fourth-order valence-corrected chi connectivity index (χ4v) is 1.48. The van der Waals surface area contributed by atoms with E-state index in [4.69, 9.17) is 4.74 Å². The van der Waals surface area contributed by atoms with Crippen molar-refractivity contribution in [3.8, 4) is 0 Å². The zero-order valence-corrected chi connectivity index (χ0v) is 8.88. The average molecular weight is 201 g/mol. The molecule has 2 N–H and O–H groups in total. The van der Waals surface area contributed by atoms with Crippen molar-refractivity contribution in [2.75, 3.05) is 13.2 Å². The minimum Gasteiger partial charge on any atom is -0.388 e. The Balaban J connectivity index is 2.20. The third kappa shape index (κ3) is 2.96. The second kappa shape index (κ2) is 4.75. The summed E-state index contributed by atoms with van der Waals surface area (Å²) in [6, 6.07) is 0. The summed E-state index contributed by atoms with van der Waals surface area (Å²) in [7, 11) is 0. The molecule has 1 saturated carbocycles. The number of carbonyl (C=O) groups is 1. The molecule has 0 radical (unpaired) electrons. The van der Waals surface area contributed by atoms with Gasteiger partial charge in [0.05, 0.1) is 5.60 Å². The van der Waals surface area contributed by atoms with Crippen LogP contribution in [0.4, 0.5) is 0 Å². The fraction of sp³-hybridized carbons (Fsp3) is 0.900. The topological polar surface area (TPSA) is 58.6 Å². The summed E-state index contributed by atoms with van der Waals surface area (Å²) in [5.74, 6) is -0.146. The summed E-state index contributed by atoms with van der Waals surface area (Å²) >= 11 is 0. The van der Waals surface area contributed by atoms with Crippen LogP contribution in [-0.4, -0.2) is 35.9 Å². The first-order chi connectivity index (χ1) is 6.57. The molecule has 0 saturated heterocycles. The molecule has 0 bridgehead atoms. The van der Waals surface area contributed by atoms with Gasteiger partial charge in [-0.3, -0.25) is 4.79 Å². The SMILES string of the molecule is CCOC(C)C(=O)NCC1(O)CCC1. The van der Waals surface area contributed by atoms with Crippen molar-refractivity contribution in [2.24, 2.45) is 0 Å². The molecular weight excluding hydrogens is 182 g/mol. The lowest BCUT2D eigenvalue weighted by atomic mass is 9.80. The molecule has 0 heterocycles. The molecule has 0 aromatic carbocycles. The molecule has 14 heavy (non-hydrogen) atoms. The maximum atomic E-state index is 11.4. The number of amides is 1. The monoisotopic (exact) mass is 201 g/mol. The third-order valence-electron chi connectivity index (χ3n) is 2.66. The van der Waals surface area contributed by atoms with Crippen molar-refractivity contribution in [3.63, 3.8) is 0 Å². The van der Waals surface area contributed by atoms with Gasteiger partial charge < -0.3 is 15.2 Å². The quantitative estimate of drug-likeness (QED) is 0.678. The van der Waals surface area contributed by atoms with Crippen molar-refractivity contribution in [2.45, 2.75) is 44.8 Å². The summed E-state index contributed by atoms with van der Waals surface area (Å²) in [5.41, 5.74) is -0.651. The molecule has 1 unspecified atom stereocenters. The van der Waals surface area contributed by atoms with Crippen LogP contribution in [0.3, 0.4) is 0 Å². The van der Waals surface area contributed by atoms with E-state index in [1.54, 1.807) is 6.92 Å². The van der Waals surface area contributed by atoms with Crippen LogP contribution in [0.2, 0.25) is 0 Å². The molecule has 0 aromatic rings. The number of carbonyl (C=O) groups excluding carboxylic acids is 1. The van der Waals surface area contributed by atoms with E-state index in [1.165, 1.54) is 0 Å². The van der Waals surface area contributed by atoms with Crippen LogP contribution in [-0.2, 0) is 9.53 Å². The maximum absolute atomic E-state index is 11.4. The van der Waals surface area contributed by atoms with E-state index in [0.29, 0.717) is 13.2 Å². The highest BCUT2D eigenvalue weighted by Gasteiger charge is 2.34. The van der Waals surface area contributed by atoms with Crippen LogP contribution >= 0.6 is 0 Å². The van der Waals surface area contributed by atoms with Crippen LogP contribution in [0.1, 0.15) is 33.1 Å². The van der Waals surface area contributed by atoms with Crippen molar-refractivity contribution in [1.29, 1.82) is 0 Å². The van der Waals surface area contributed by atoms with Crippen LogP contribution in [0.15, 0.2) is 0 Å². The van der Waals surface area contributed by atoms with E-state index < -0.39 is 11.7 Å². The molecule has 1 aliphatic rings. The lowest BCUT2D eigenvalue weighted by Crippen LogP contribution is -2.49. The Morgan fingerprint density at radius 2 is 2.29 bits per heavy atom. The predicted octanol–water partition coefficient (Wildman–Crippen LogP) is 0.443. The Bertz CT molecular complexity index is 202. The minimum atomic E-state index is -0.651. The first-order valence-electron chi connectivity index (χ1n) is 5.19. The van der Waals surface area contributed by atoms with E-state index >= 15 is 0 Å². The van der Waals surface area contributed by atoms with Crippen molar-refractivity contribution in [3.05, 3.63) is 0 Å². The zero-order chi connectivity index (χ0) is 10.6. The molecular formula is C10H19NO3. The lowest BCUT2D eigenvalue weighted by Gasteiger charge is -2.36. The molecule has 1 aliphatic carbocycles. The highest BCUT2D eigenvalue weighted by molar-refractivity contribution is 5.80. The van der Waals surface area contributed by atoms with Crippen molar-refractivity contribution < 1.29 is 14.6 Å². The number of ether oxygens (including phenoxy) is 1. The third-order valence-corrected chi connectivity index (χ3v) is 2.66. The second-order valence-corrected chi connectivity index (χ2v) is 3.89. The molecule has 0 aliphatic heterocycles. The Labute approximate surface area is 84.6 Å². The van der Waals surface area contributed by atoms with E-state index in [-0.39, 0.29) is 5.91 Å². The largest absolute Gasteiger partial charge is 0.388 e. The van der Waals surface area contributed by atoms with Gasteiger partial charge in [-0.05, 0) is 33.1 Å². The Morgan fingerprint density at radius 3 is 2.71 bits per heavy atom. The number of hydrogen-bond donors (Lipinski definition) is 2. The highest BCUT2D eigenvalue weighted by atomic mass is 16.5. The second-order valence-electron chi connectivity index (χ2n) is 3.89. The number of nitrogens with one attached hydrogen (secondary N) is 1. The van der Waals surface area contributed by atoms with Gasteiger partial charge in [0.15, 0.2) is 0 Å². The predicted molar refractivity (Wildman–Crippen MR) is 52.9 cm³/mol. The maximum Gasteiger partial charge on any atom is 0.248 e. The fourth-order valence-electron chi connectivity index (χ4n) is 1.48. The summed E-state index contributed by atoms with van der Waals surface area (Å²) in [6.45, 7) is 4.44. The van der Waals surface area contributed by atoms with Gasteiger partial charge in [-0.2, -0.15) is 0 Å². The number of rotatable bonds is 5. The van der Waals surface area contributed by atoms with Crippen molar-refractivity contribution >= 4 is 5.91 Å². The van der Waals surface area contributed by atoms with E-state index in [0.717, 1.165) is 19.3 Å². The molecule has 1 fully saturated rings. The normalized spacial score (nSPS) is 21.1. The number of hydrogen-bond acceptors (Lipinski definition) is 3. The molecule has 1 amide bonds. The Hall–Kier alpha value is -0.610. The van der Waals surface area contributed by atoms with Gasteiger partial charge in [0, 0.05) is 13.2 Å². The van der Waals surface area contributed by atoms with Crippen LogP contribution < -0.4 is 5.32 Å². The van der Waals surface area contributed by atoms with Gasteiger partial charge in [-0.1, -0.05) is 0 Å². The molecule has 1 atom stereocenters. The van der Waals surface area contributed by atoms with Crippen LogP contribution in [0.25, 0.3) is 0 Å². The smallest absolute Gasteiger partial charge is 0.248 e. The van der Waals surface area contributed by atoms with E-state index in [1.807, 2.05) is 6.92 Å². The van der Waals surface area contributed by atoms with Crippen molar-refractivity contribution in [1.82, 2.24) is 5.32 Å². The van der Waals surface area contributed by atoms with Gasteiger partial charge in [-0.25, -0.2) is 0 Å². The molecule has 0 aromatic heterocycles. The van der Waals surface area contributed by atoms with Gasteiger partial charge in [0.1, 0.15) is 6.10 Å². The van der Waals surface area contributed by atoms with Gasteiger partial charge in [0.25, 0.3) is 0 Å². The van der Waals surface area contributed by atoms with E-state index in [2.05, 4.69) is 5.32 Å². The molecule has 4 heteroatoms. The molecule has 0 spiro atoms. The first kappa shape index (κ1) is 11.5. The minimum absolute atomic E-state index is 0.146. The summed E-state index contributed by atoms with van der Waals surface area (Å²) in [5, 5.41) is 12.4. The number of aliphatic hydroxyl groups is 1. The van der Waals surface area contributed by atoms with Gasteiger partial charge in [-0.15, -0.1) is 0 Å². The van der Waals surface area contributed by atoms with Gasteiger partial charge >= 0.3 is 0 Å². The Kier molecular flexibility index (Phi) is 3.89. The summed E-state index contributed by atoms with van der Waals surface area (Å²) in [4.78, 5) is 11.4. The standard InChI is InChI=1S/C10H19NO3/c1-3-14-8(2)9(12)11-7-10(13)5-4-6-10/h8,13H,3-7H2,1-2H3,(H,11,12). The van der Waals surface area contributed by atoms with E-state index in [9.17, 15) is 9.90 Å². The zero-order valence-electron chi connectivity index (χ0n) is 8.88. The molecule has 4 nitrogen and oxygen atoms in total. The van der Waals surface area contributed by atoms with Gasteiger partial charge in [0.2, 0.25) is 5.91 Å². The molecule has 1 rings (SSSR count). The lowest BCUT2D eigenvalue weighted by molar-refractivity contribution is -0.133. The highest BCUT2D eigenvalue weighted by Crippen LogP contribution is 2.30. The van der Waals surface area contributed by atoms with Crippen LogP contribution in [0, 0.1) is 0 Å². The van der Waals surface area contributed by atoms with Crippen LogP contribution in [0.5, 0.6) is 0 Å².